The van der Waals surface area contributed by atoms with Gasteiger partial charge in [-0.05, 0) is 46.6 Å². The molecule has 3 rings (SSSR count). The fourth-order valence-electron chi connectivity index (χ4n) is 3.78. The van der Waals surface area contributed by atoms with Gasteiger partial charge in [0.05, 0.1) is 13.2 Å². The first-order valence-electron chi connectivity index (χ1n) is 7.53. The Hall–Kier alpha value is 0.0600. The summed E-state index contributed by atoms with van der Waals surface area (Å²) in [6, 6.07) is 2.35. The molecule has 0 spiro atoms. The van der Waals surface area contributed by atoms with Gasteiger partial charge < -0.3 is 10.5 Å². The van der Waals surface area contributed by atoms with E-state index >= 15 is 0 Å². The standard InChI is InChI=1S/C15H23BrN2OS/c16-12-3-10-20-13(12)11-14(17)15(4-1-2-5-15)18-6-8-19-9-7-18/h3,10,14H,1-2,4-9,11,17H2. The average Bonchev–Trinajstić information content (AvgIpc) is 3.11. The van der Waals surface area contributed by atoms with Crippen molar-refractivity contribution in [2.45, 2.75) is 43.7 Å². The molecule has 2 fully saturated rings. The average molecular weight is 359 g/mol. The number of ether oxygens (including phenoxy) is 1. The van der Waals surface area contributed by atoms with Gasteiger partial charge in [-0.1, -0.05) is 12.8 Å². The molecule has 112 valence electrons. The zero-order valence-electron chi connectivity index (χ0n) is 11.8. The number of hydrogen-bond donors (Lipinski definition) is 1. The zero-order chi connectivity index (χ0) is 14.0. The van der Waals surface area contributed by atoms with Gasteiger partial charge >= 0.3 is 0 Å². The Labute approximate surface area is 133 Å². The van der Waals surface area contributed by atoms with Crippen LogP contribution in [-0.4, -0.2) is 42.8 Å². The Kier molecular flexibility index (Phi) is 4.82. The zero-order valence-corrected chi connectivity index (χ0v) is 14.2. The van der Waals surface area contributed by atoms with Crippen molar-refractivity contribution in [3.8, 4) is 0 Å². The van der Waals surface area contributed by atoms with Crippen molar-refractivity contribution in [3.05, 3.63) is 20.8 Å². The second kappa shape index (κ2) is 6.44. The third kappa shape index (κ3) is 2.83. The van der Waals surface area contributed by atoms with Crippen LogP contribution in [0.3, 0.4) is 0 Å². The largest absolute Gasteiger partial charge is 0.379 e. The number of halogens is 1. The summed E-state index contributed by atoms with van der Waals surface area (Å²) in [5, 5.41) is 2.14. The Bertz CT molecular complexity index is 439. The van der Waals surface area contributed by atoms with E-state index in [1.54, 1.807) is 0 Å². The fraction of sp³-hybridized carbons (Fsp3) is 0.733. The number of hydrogen-bond acceptors (Lipinski definition) is 4. The minimum Gasteiger partial charge on any atom is -0.379 e. The molecule has 1 aliphatic carbocycles. The smallest absolute Gasteiger partial charge is 0.0594 e. The van der Waals surface area contributed by atoms with Crippen molar-refractivity contribution in [1.82, 2.24) is 4.90 Å². The number of thiophene rings is 1. The van der Waals surface area contributed by atoms with E-state index in [0.29, 0.717) is 0 Å². The molecule has 2 aliphatic rings. The van der Waals surface area contributed by atoms with Crippen LogP contribution in [-0.2, 0) is 11.2 Å². The Morgan fingerprint density at radius 2 is 2.05 bits per heavy atom. The quantitative estimate of drug-likeness (QED) is 0.898. The summed E-state index contributed by atoms with van der Waals surface area (Å²) in [5.41, 5.74) is 6.91. The highest BCUT2D eigenvalue weighted by atomic mass is 79.9. The first-order chi connectivity index (χ1) is 9.72. The molecular formula is C15H23BrN2OS. The van der Waals surface area contributed by atoms with Gasteiger partial charge in [-0.25, -0.2) is 0 Å². The normalized spacial score (nSPS) is 24.9. The molecule has 1 saturated carbocycles. The topological polar surface area (TPSA) is 38.5 Å². The van der Waals surface area contributed by atoms with Crippen molar-refractivity contribution < 1.29 is 4.74 Å². The molecule has 0 bridgehead atoms. The highest BCUT2D eigenvalue weighted by Crippen LogP contribution is 2.39. The van der Waals surface area contributed by atoms with Gasteiger partial charge in [-0.15, -0.1) is 11.3 Å². The summed E-state index contributed by atoms with van der Waals surface area (Å²) in [6.07, 6.45) is 6.11. The molecule has 0 amide bonds. The lowest BCUT2D eigenvalue weighted by molar-refractivity contribution is -0.0305. The number of nitrogens with two attached hydrogens (primary N) is 1. The van der Waals surface area contributed by atoms with Crippen molar-refractivity contribution >= 4 is 27.3 Å². The van der Waals surface area contributed by atoms with Crippen LogP contribution in [0.1, 0.15) is 30.6 Å². The molecule has 5 heteroatoms. The molecule has 2 N–H and O–H groups in total. The predicted octanol–water partition coefficient (Wildman–Crippen LogP) is 3.03. The molecule has 1 aromatic rings. The number of morpholine rings is 1. The first-order valence-corrected chi connectivity index (χ1v) is 9.20. The molecule has 1 saturated heterocycles. The maximum absolute atomic E-state index is 6.71. The summed E-state index contributed by atoms with van der Waals surface area (Å²) >= 11 is 5.45. The molecule has 1 unspecified atom stereocenters. The highest BCUT2D eigenvalue weighted by molar-refractivity contribution is 9.10. The third-order valence-corrected chi connectivity index (χ3v) is 6.85. The van der Waals surface area contributed by atoms with E-state index in [1.165, 1.54) is 35.0 Å². The second-order valence-electron chi connectivity index (χ2n) is 5.91. The van der Waals surface area contributed by atoms with Crippen LogP contribution in [0.4, 0.5) is 0 Å². The SMILES string of the molecule is NC(Cc1sccc1Br)C1(N2CCOCC2)CCCC1. The van der Waals surface area contributed by atoms with Gasteiger partial charge in [0.1, 0.15) is 0 Å². The molecule has 2 heterocycles. The van der Waals surface area contributed by atoms with Crippen molar-refractivity contribution in [1.29, 1.82) is 0 Å². The summed E-state index contributed by atoms with van der Waals surface area (Å²) in [5.74, 6) is 0. The monoisotopic (exact) mass is 358 g/mol. The molecule has 0 radical (unpaired) electrons. The van der Waals surface area contributed by atoms with Crippen molar-refractivity contribution in [3.63, 3.8) is 0 Å². The van der Waals surface area contributed by atoms with E-state index < -0.39 is 0 Å². The summed E-state index contributed by atoms with van der Waals surface area (Å²) in [7, 11) is 0. The Morgan fingerprint density at radius 3 is 2.65 bits per heavy atom. The minimum atomic E-state index is 0.202. The summed E-state index contributed by atoms with van der Waals surface area (Å²) in [6.45, 7) is 3.80. The van der Waals surface area contributed by atoms with Crippen molar-refractivity contribution in [2.24, 2.45) is 5.73 Å². The van der Waals surface area contributed by atoms with E-state index in [9.17, 15) is 0 Å². The van der Waals surface area contributed by atoms with Crippen LogP contribution < -0.4 is 5.73 Å². The minimum absolute atomic E-state index is 0.202. The summed E-state index contributed by atoms with van der Waals surface area (Å²) < 4.78 is 6.74. The number of rotatable bonds is 4. The van der Waals surface area contributed by atoms with E-state index in [4.69, 9.17) is 10.5 Å². The van der Waals surface area contributed by atoms with Crippen LogP contribution in [0.25, 0.3) is 0 Å². The lowest BCUT2D eigenvalue weighted by Gasteiger charge is -2.47. The van der Waals surface area contributed by atoms with Gasteiger partial charge in [0, 0.05) is 34.0 Å². The molecule has 1 atom stereocenters. The predicted molar refractivity (Wildman–Crippen MR) is 87.3 cm³/mol. The molecule has 20 heavy (non-hydrogen) atoms. The van der Waals surface area contributed by atoms with E-state index in [2.05, 4.69) is 32.3 Å². The Morgan fingerprint density at radius 1 is 1.35 bits per heavy atom. The number of nitrogens with zero attached hydrogens (tertiary/aromatic N) is 1. The Balaban J connectivity index is 1.77. The van der Waals surface area contributed by atoms with Gasteiger partial charge in [-0.3, -0.25) is 4.90 Å². The molecule has 3 nitrogen and oxygen atoms in total. The molecular weight excluding hydrogens is 336 g/mol. The van der Waals surface area contributed by atoms with E-state index in [1.807, 2.05) is 11.3 Å². The van der Waals surface area contributed by atoms with Crippen LogP contribution in [0, 0.1) is 0 Å². The molecule has 1 aromatic heterocycles. The van der Waals surface area contributed by atoms with E-state index in [-0.39, 0.29) is 11.6 Å². The third-order valence-electron chi connectivity index (χ3n) is 4.90. The van der Waals surface area contributed by atoms with Gasteiger partial charge in [-0.2, -0.15) is 0 Å². The second-order valence-corrected chi connectivity index (χ2v) is 7.77. The van der Waals surface area contributed by atoms with Crippen LogP contribution >= 0.6 is 27.3 Å². The highest BCUT2D eigenvalue weighted by Gasteiger charge is 2.44. The molecule has 1 aliphatic heterocycles. The van der Waals surface area contributed by atoms with Crippen molar-refractivity contribution in [2.75, 3.05) is 26.3 Å². The molecule has 0 aromatic carbocycles. The fourth-order valence-corrected chi connectivity index (χ4v) is 5.35. The van der Waals surface area contributed by atoms with E-state index in [0.717, 1.165) is 32.7 Å². The summed E-state index contributed by atoms with van der Waals surface area (Å²) in [4.78, 5) is 4.01. The first kappa shape index (κ1) is 15.0. The lowest BCUT2D eigenvalue weighted by atomic mass is 9.84. The lowest BCUT2D eigenvalue weighted by Crippen LogP contribution is -2.61. The van der Waals surface area contributed by atoms with Gasteiger partial charge in [0.15, 0.2) is 0 Å². The van der Waals surface area contributed by atoms with Gasteiger partial charge in [0.2, 0.25) is 0 Å². The van der Waals surface area contributed by atoms with Gasteiger partial charge in [0.25, 0.3) is 0 Å². The maximum Gasteiger partial charge on any atom is 0.0594 e. The van der Waals surface area contributed by atoms with Crippen LogP contribution in [0.5, 0.6) is 0 Å². The maximum atomic E-state index is 6.71. The van der Waals surface area contributed by atoms with Crippen LogP contribution in [0.15, 0.2) is 15.9 Å². The van der Waals surface area contributed by atoms with Crippen LogP contribution in [0.2, 0.25) is 0 Å².